The van der Waals surface area contributed by atoms with Crippen molar-refractivity contribution in [1.29, 1.82) is 0 Å². The zero-order valence-corrected chi connectivity index (χ0v) is 14.8. The van der Waals surface area contributed by atoms with E-state index in [-0.39, 0.29) is 11.3 Å². The molecular formula is C18H27N5O. The quantitative estimate of drug-likeness (QED) is 0.881. The first-order chi connectivity index (χ1) is 11.4. The summed E-state index contributed by atoms with van der Waals surface area (Å²) in [4.78, 5) is 16.5. The molecule has 0 spiro atoms. The first-order valence-electron chi connectivity index (χ1n) is 8.73. The number of carbonyl (C=O) groups excluding carboxylic acids is 1. The third kappa shape index (κ3) is 3.93. The highest BCUT2D eigenvalue weighted by Gasteiger charge is 2.23. The van der Waals surface area contributed by atoms with Gasteiger partial charge >= 0.3 is 0 Å². The predicted octanol–water partition coefficient (Wildman–Crippen LogP) is 2.06. The molecule has 1 amide bonds. The van der Waals surface area contributed by atoms with Crippen LogP contribution in [0, 0.1) is 5.41 Å². The second-order valence-corrected chi connectivity index (χ2v) is 7.76. The van der Waals surface area contributed by atoms with Crippen LogP contribution in [0.25, 0.3) is 11.0 Å². The molecular weight excluding hydrogens is 302 g/mol. The minimum atomic E-state index is 0.00663. The fraction of sp³-hybridized carbons (Fsp3) is 0.611. The molecule has 0 bridgehead atoms. The summed E-state index contributed by atoms with van der Waals surface area (Å²) in [7, 11) is 0. The van der Waals surface area contributed by atoms with Crippen molar-refractivity contribution in [2.45, 2.75) is 46.1 Å². The van der Waals surface area contributed by atoms with Crippen LogP contribution in [0.15, 0.2) is 18.3 Å². The number of rotatable bonds is 5. The van der Waals surface area contributed by atoms with Gasteiger partial charge in [-0.25, -0.2) is 9.67 Å². The van der Waals surface area contributed by atoms with E-state index in [1.807, 2.05) is 10.7 Å². The van der Waals surface area contributed by atoms with Crippen molar-refractivity contribution < 1.29 is 4.79 Å². The number of aromatic nitrogens is 3. The van der Waals surface area contributed by atoms with Gasteiger partial charge in [-0.3, -0.25) is 4.79 Å². The van der Waals surface area contributed by atoms with Crippen LogP contribution in [0.2, 0.25) is 0 Å². The Balaban J connectivity index is 1.69. The summed E-state index contributed by atoms with van der Waals surface area (Å²) in [5.41, 5.74) is 2.04. The molecule has 1 unspecified atom stereocenters. The zero-order chi connectivity index (χ0) is 17.2. The molecule has 1 atom stereocenters. The summed E-state index contributed by atoms with van der Waals surface area (Å²) >= 11 is 0. The molecule has 1 fully saturated rings. The first-order valence-corrected chi connectivity index (χ1v) is 8.73. The maximum absolute atomic E-state index is 12.0. The van der Waals surface area contributed by atoms with Crippen LogP contribution in [0.3, 0.4) is 0 Å². The number of nitrogens with zero attached hydrogens (tertiary/aromatic N) is 3. The summed E-state index contributed by atoms with van der Waals surface area (Å²) in [5, 5.41) is 12.3. The fourth-order valence-electron chi connectivity index (χ4n) is 3.22. The lowest BCUT2D eigenvalue weighted by Gasteiger charge is -2.17. The highest BCUT2D eigenvalue weighted by atomic mass is 16.1. The maximum atomic E-state index is 12.0. The van der Waals surface area contributed by atoms with E-state index in [0.29, 0.717) is 25.4 Å². The minimum Gasteiger partial charge on any atom is -0.354 e. The van der Waals surface area contributed by atoms with E-state index in [4.69, 9.17) is 5.10 Å². The predicted molar refractivity (Wildman–Crippen MR) is 94.8 cm³/mol. The Labute approximate surface area is 143 Å². The summed E-state index contributed by atoms with van der Waals surface area (Å²) in [5.74, 6) is 0.542. The van der Waals surface area contributed by atoms with Gasteiger partial charge in [-0.1, -0.05) is 20.8 Å². The molecule has 1 saturated heterocycles. The van der Waals surface area contributed by atoms with Gasteiger partial charge in [-0.15, -0.1) is 0 Å². The summed E-state index contributed by atoms with van der Waals surface area (Å²) < 4.78 is 1.93. The second-order valence-electron chi connectivity index (χ2n) is 7.76. The first kappa shape index (κ1) is 16.9. The van der Waals surface area contributed by atoms with Crippen molar-refractivity contribution in [2.24, 2.45) is 5.41 Å². The average molecular weight is 329 g/mol. The van der Waals surface area contributed by atoms with Crippen LogP contribution in [0.5, 0.6) is 0 Å². The Hall–Kier alpha value is -1.95. The number of hydrogen-bond acceptors (Lipinski definition) is 4. The van der Waals surface area contributed by atoms with E-state index in [1.54, 1.807) is 6.20 Å². The van der Waals surface area contributed by atoms with E-state index < -0.39 is 0 Å². The topological polar surface area (TPSA) is 71.8 Å². The van der Waals surface area contributed by atoms with Crippen molar-refractivity contribution in [3.05, 3.63) is 24.0 Å². The van der Waals surface area contributed by atoms with E-state index in [1.165, 1.54) is 0 Å². The number of nitrogens with one attached hydrogen (secondary N) is 2. The molecule has 1 aliphatic heterocycles. The Morgan fingerprint density at radius 1 is 1.46 bits per heavy atom. The third-order valence-corrected chi connectivity index (χ3v) is 4.32. The lowest BCUT2D eigenvalue weighted by atomic mass is 9.92. The zero-order valence-electron chi connectivity index (χ0n) is 14.8. The van der Waals surface area contributed by atoms with Gasteiger partial charge in [0.05, 0.1) is 12.2 Å². The molecule has 2 N–H and O–H groups in total. The number of amides is 1. The summed E-state index contributed by atoms with van der Waals surface area (Å²) in [6, 6.07) is 4.06. The molecule has 0 aliphatic carbocycles. The largest absolute Gasteiger partial charge is 0.354 e. The van der Waals surface area contributed by atoms with Gasteiger partial charge < -0.3 is 10.6 Å². The van der Waals surface area contributed by atoms with Gasteiger partial charge in [-0.2, -0.15) is 5.10 Å². The molecule has 24 heavy (non-hydrogen) atoms. The Bertz CT molecular complexity index is 710. The van der Waals surface area contributed by atoms with Crippen LogP contribution in [0.1, 0.15) is 45.2 Å². The van der Waals surface area contributed by atoms with Gasteiger partial charge in [-0.05, 0) is 30.5 Å². The van der Waals surface area contributed by atoms with Gasteiger partial charge in [0.25, 0.3) is 0 Å². The smallest absolute Gasteiger partial charge is 0.220 e. The van der Waals surface area contributed by atoms with Crippen LogP contribution in [-0.4, -0.2) is 40.3 Å². The SMILES string of the molecule is CC(C)(C)CC(=O)NCCn1nc(C2CCNC2)c2cccnc21. The van der Waals surface area contributed by atoms with Gasteiger partial charge in [0.2, 0.25) is 5.91 Å². The normalized spacial score (nSPS) is 18.2. The second kappa shape index (κ2) is 6.89. The number of fused-ring (bicyclic) bond motifs is 1. The van der Waals surface area contributed by atoms with Crippen molar-refractivity contribution in [2.75, 3.05) is 19.6 Å². The van der Waals surface area contributed by atoms with Crippen LogP contribution in [-0.2, 0) is 11.3 Å². The van der Waals surface area contributed by atoms with Crippen LogP contribution >= 0.6 is 0 Å². The third-order valence-electron chi connectivity index (χ3n) is 4.32. The fourth-order valence-corrected chi connectivity index (χ4v) is 3.22. The van der Waals surface area contributed by atoms with E-state index >= 15 is 0 Å². The standard InChI is InChI=1S/C18H27N5O/c1-18(2,3)11-15(24)20-9-10-23-17-14(5-4-7-21-17)16(22-23)13-6-8-19-12-13/h4-5,7,13,19H,6,8-12H2,1-3H3,(H,20,24). The Morgan fingerprint density at radius 3 is 3.00 bits per heavy atom. The van der Waals surface area contributed by atoms with Crippen molar-refractivity contribution in [3.8, 4) is 0 Å². The Morgan fingerprint density at radius 2 is 2.29 bits per heavy atom. The Kier molecular flexibility index (Phi) is 4.85. The lowest BCUT2D eigenvalue weighted by Crippen LogP contribution is -2.30. The van der Waals surface area contributed by atoms with Crippen molar-refractivity contribution >= 4 is 16.9 Å². The highest BCUT2D eigenvalue weighted by molar-refractivity contribution is 5.79. The average Bonchev–Trinajstić information content (AvgIpc) is 3.13. The van der Waals surface area contributed by atoms with E-state index in [0.717, 1.165) is 36.2 Å². The lowest BCUT2D eigenvalue weighted by molar-refractivity contribution is -0.122. The molecule has 6 nitrogen and oxygen atoms in total. The van der Waals surface area contributed by atoms with Crippen molar-refractivity contribution in [1.82, 2.24) is 25.4 Å². The molecule has 6 heteroatoms. The number of pyridine rings is 1. The molecule has 2 aromatic heterocycles. The monoisotopic (exact) mass is 329 g/mol. The minimum absolute atomic E-state index is 0.00663. The highest BCUT2D eigenvalue weighted by Crippen LogP contribution is 2.27. The van der Waals surface area contributed by atoms with Crippen molar-refractivity contribution in [3.63, 3.8) is 0 Å². The molecule has 0 saturated carbocycles. The van der Waals surface area contributed by atoms with E-state index in [2.05, 4.69) is 42.5 Å². The molecule has 2 aromatic rings. The van der Waals surface area contributed by atoms with Gasteiger partial charge in [0.15, 0.2) is 5.65 Å². The molecule has 3 rings (SSSR count). The molecule has 3 heterocycles. The summed E-state index contributed by atoms with van der Waals surface area (Å²) in [6.07, 6.45) is 3.45. The molecule has 0 radical (unpaired) electrons. The molecule has 0 aromatic carbocycles. The summed E-state index contributed by atoms with van der Waals surface area (Å²) in [6.45, 7) is 9.44. The van der Waals surface area contributed by atoms with Crippen LogP contribution in [0.4, 0.5) is 0 Å². The van der Waals surface area contributed by atoms with E-state index in [9.17, 15) is 4.79 Å². The van der Waals surface area contributed by atoms with Gasteiger partial charge in [0, 0.05) is 37.0 Å². The van der Waals surface area contributed by atoms with Gasteiger partial charge in [0.1, 0.15) is 0 Å². The van der Waals surface area contributed by atoms with Crippen LogP contribution < -0.4 is 10.6 Å². The molecule has 130 valence electrons. The number of carbonyl (C=O) groups is 1. The molecule has 1 aliphatic rings. The number of hydrogen-bond donors (Lipinski definition) is 2. The maximum Gasteiger partial charge on any atom is 0.220 e.